The van der Waals surface area contributed by atoms with Crippen molar-refractivity contribution in [2.45, 2.75) is 13.0 Å². The molecular weight excluding hydrogens is 190 g/mol. The maximum Gasteiger partial charge on any atom is 0.267 e. The highest BCUT2D eigenvalue weighted by atomic mass is 19.3. The Morgan fingerprint density at radius 3 is 2.64 bits per heavy atom. The fourth-order valence-corrected chi connectivity index (χ4v) is 1.06. The van der Waals surface area contributed by atoms with Crippen LogP contribution in [0.3, 0.4) is 0 Å². The number of nitrogen functional groups attached to an aromatic ring is 1. The second-order valence-corrected chi connectivity index (χ2v) is 2.57. The number of hydrogen-bond acceptors (Lipinski definition) is 4. The molecule has 0 aliphatic carbocycles. The van der Waals surface area contributed by atoms with Crippen LogP contribution in [0.4, 0.5) is 14.5 Å². The van der Waals surface area contributed by atoms with E-state index in [1.807, 2.05) is 0 Å². The Labute approximate surface area is 79.1 Å². The van der Waals surface area contributed by atoms with Crippen molar-refractivity contribution >= 4 is 5.69 Å². The van der Waals surface area contributed by atoms with Gasteiger partial charge in [-0.3, -0.25) is 0 Å². The molecule has 4 nitrogen and oxygen atoms in total. The first-order chi connectivity index (χ1) is 6.61. The third-order valence-electron chi connectivity index (χ3n) is 1.80. The molecule has 0 aliphatic heterocycles. The van der Waals surface area contributed by atoms with E-state index in [4.69, 9.17) is 16.7 Å². The number of halogens is 2. The number of nitrogens with two attached hydrogens (primary N) is 2. The third kappa shape index (κ3) is 1.63. The summed E-state index contributed by atoms with van der Waals surface area (Å²) in [6.45, 7) is -0.0811. The number of nitrogens with zero attached hydrogens (tertiary/aromatic N) is 2. The molecule has 74 valence electrons. The molecule has 0 amide bonds. The topological polar surface area (TPSA) is 88.7 Å². The lowest BCUT2D eigenvalue weighted by molar-refractivity contribution is 0.151. The molecule has 1 aromatic heterocycles. The summed E-state index contributed by atoms with van der Waals surface area (Å²) in [5.74, 6) is 0. The number of nitriles is 1. The zero-order valence-corrected chi connectivity index (χ0v) is 7.17. The van der Waals surface area contributed by atoms with Crippen LogP contribution in [-0.2, 0) is 6.54 Å². The minimum Gasteiger partial charge on any atom is -0.398 e. The minimum atomic E-state index is -2.71. The van der Waals surface area contributed by atoms with Crippen molar-refractivity contribution in [1.82, 2.24) is 4.98 Å². The van der Waals surface area contributed by atoms with E-state index in [1.165, 1.54) is 0 Å². The van der Waals surface area contributed by atoms with E-state index in [-0.39, 0.29) is 29.1 Å². The van der Waals surface area contributed by atoms with Crippen LogP contribution in [0.15, 0.2) is 6.20 Å². The molecule has 0 saturated carbocycles. The number of aromatic nitrogens is 1. The normalized spacial score (nSPS) is 10.2. The summed E-state index contributed by atoms with van der Waals surface area (Å²) in [7, 11) is 0. The molecule has 0 spiro atoms. The highest BCUT2D eigenvalue weighted by Crippen LogP contribution is 2.27. The van der Waals surface area contributed by atoms with E-state index in [1.54, 1.807) is 6.07 Å². The fourth-order valence-electron chi connectivity index (χ4n) is 1.06. The first-order valence-electron chi connectivity index (χ1n) is 3.77. The van der Waals surface area contributed by atoms with Gasteiger partial charge in [-0.2, -0.15) is 5.26 Å². The summed E-state index contributed by atoms with van der Waals surface area (Å²) in [6.07, 6.45) is -1.81. The van der Waals surface area contributed by atoms with Crippen LogP contribution in [0.5, 0.6) is 0 Å². The highest BCUT2D eigenvalue weighted by Gasteiger charge is 2.17. The van der Waals surface area contributed by atoms with E-state index in [2.05, 4.69) is 4.98 Å². The Balaban J connectivity index is 3.37. The van der Waals surface area contributed by atoms with Gasteiger partial charge in [0.1, 0.15) is 11.8 Å². The Kier molecular flexibility index (Phi) is 2.94. The van der Waals surface area contributed by atoms with Gasteiger partial charge in [0, 0.05) is 24.0 Å². The van der Waals surface area contributed by atoms with Crippen molar-refractivity contribution in [2.24, 2.45) is 5.73 Å². The summed E-state index contributed by atoms with van der Waals surface area (Å²) in [6, 6.07) is 1.74. The Morgan fingerprint density at radius 1 is 1.57 bits per heavy atom. The highest BCUT2D eigenvalue weighted by molar-refractivity contribution is 5.57. The van der Waals surface area contributed by atoms with Crippen LogP contribution in [0, 0.1) is 11.3 Å². The quantitative estimate of drug-likeness (QED) is 0.739. The number of hydrogen-bond donors (Lipinski definition) is 2. The molecule has 1 aromatic rings. The first-order valence-corrected chi connectivity index (χ1v) is 3.77. The number of rotatable bonds is 2. The molecule has 0 saturated heterocycles. The van der Waals surface area contributed by atoms with Crippen LogP contribution in [0.2, 0.25) is 0 Å². The lowest BCUT2D eigenvalue weighted by Gasteiger charge is -2.09. The molecule has 1 heterocycles. The van der Waals surface area contributed by atoms with Gasteiger partial charge in [0.15, 0.2) is 0 Å². The smallest absolute Gasteiger partial charge is 0.267 e. The summed E-state index contributed by atoms with van der Waals surface area (Å²) >= 11 is 0. The zero-order valence-electron chi connectivity index (χ0n) is 7.17. The Morgan fingerprint density at radius 2 is 2.21 bits per heavy atom. The second-order valence-electron chi connectivity index (χ2n) is 2.57. The van der Waals surface area contributed by atoms with Gasteiger partial charge in [-0.1, -0.05) is 0 Å². The molecule has 1 rings (SSSR count). The molecule has 0 fully saturated rings. The van der Waals surface area contributed by atoms with Crippen molar-refractivity contribution in [3.8, 4) is 6.07 Å². The lowest BCUT2D eigenvalue weighted by Crippen LogP contribution is -2.09. The third-order valence-corrected chi connectivity index (χ3v) is 1.80. The van der Waals surface area contributed by atoms with Crippen LogP contribution in [0.1, 0.15) is 23.2 Å². The van der Waals surface area contributed by atoms with Crippen molar-refractivity contribution in [2.75, 3.05) is 5.73 Å². The predicted molar refractivity (Wildman–Crippen MR) is 46.2 cm³/mol. The summed E-state index contributed by atoms with van der Waals surface area (Å²) in [5, 5.41) is 8.59. The number of pyridine rings is 1. The standard InChI is InChI=1S/C8H8F2N4/c9-8(10)5-3-14-6(2-12)4(1-11)7(5)13/h3,8H,1,11H2,(H2,13,14). The van der Waals surface area contributed by atoms with E-state index >= 15 is 0 Å². The summed E-state index contributed by atoms with van der Waals surface area (Å²) < 4.78 is 24.7. The molecule has 0 aliphatic rings. The van der Waals surface area contributed by atoms with Crippen LogP contribution in [0.25, 0.3) is 0 Å². The Hall–Kier alpha value is -1.74. The van der Waals surface area contributed by atoms with Crippen LogP contribution in [-0.4, -0.2) is 4.98 Å². The second kappa shape index (κ2) is 3.98. The number of anilines is 1. The molecule has 0 unspecified atom stereocenters. The SMILES string of the molecule is N#Cc1ncc(C(F)F)c(N)c1CN. The largest absolute Gasteiger partial charge is 0.398 e. The first kappa shape index (κ1) is 10.3. The molecular formula is C8H8F2N4. The van der Waals surface area contributed by atoms with Crippen molar-refractivity contribution in [3.63, 3.8) is 0 Å². The molecule has 14 heavy (non-hydrogen) atoms. The maximum absolute atomic E-state index is 12.3. The van der Waals surface area contributed by atoms with Crippen molar-refractivity contribution in [1.29, 1.82) is 5.26 Å². The van der Waals surface area contributed by atoms with Gasteiger partial charge in [0.05, 0.1) is 5.56 Å². The molecule has 6 heteroatoms. The predicted octanol–water partition coefficient (Wildman–Crippen LogP) is 0.932. The Bertz CT molecular complexity index is 384. The fraction of sp³-hybridized carbons (Fsp3) is 0.250. The van der Waals surface area contributed by atoms with Gasteiger partial charge < -0.3 is 11.5 Å². The van der Waals surface area contributed by atoms with Crippen molar-refractivity contribution in [3.05, 3.63) is 23.0 Å². The molecule has 0 bridgehead atoms. The average Bonchev–Trinajstić information content (AvgIpc) is 2.16. The van der Waals surface area contributed by atoms with E-state index in [0.717, 1.165) is 6.20 Å². The van der Waals surface area contributed by atoms with Gasteiger partial charge in [0.25, 0.3) is 6.43 Å². The molecule has 0 aromatic carbocycles. The zero-order chi connectivity index (χ0) is 10.7. The van der Waals surface area contributed by atoms with E-state index in [0.29, 0.717) is 0 Å². The molecule has 0 radical (unpaired) electrons. The lowest BCUT2D eigenvalue weighted by atomic mass is 10.1. The average molecular weight is 198 g/mol. The van der Waals surface area contributed by atoms with Gasteiger partial charge in [-0.05, 0) is 0 Å². The molecule has 4 N–H and O–H groups in total. The van der Waals surface area contributed by atoms with Crippen molar-refractivity contribution < 1.29 is 8.78 Å². The van der Waals surface area contributed by atoms with Gasteiger partial charge in [-0.15, -0.1) is 0 Å². The summed E-state index contributed by atoms with van der Waals surface area (Å²) in [4.78, 5) is 3.55. The van der Waals surface area contributed by atoms with Crippen LogP contribution >= 0.6 is 0 Å². The van der Waals surface area contributed by atoms with Crippen LogP contribution < -0.4 is 11.5 Å². The number of alkyl halides is 2. The monoisotopic (exact) mass is 198 g/mol. The van der Waals surface area contributed by atoms with Gasteiger partial charge >= 0.3 is 0 Å². The maximum atomic E-state index is 12.3. The minimum absolute atomic E-state index is 0.00519. The van der Waals surface area contributed by atoms with E-state index in [9.17, 15) is 8.78 Å². The van der Waals surface area contributed by atoms with E-state index < -0.39 is 6.43 Å². The van der Waals surface area contributed by atoms with Gasteiger partial charge in [0.2, 0.25) is 0 Å². The molecule has 0 atom stereocenters. The van der Waals surface area contributed by atoms with Gasteiger partial charge in [-0.25, -0.2) is 13.8 Å². The summed E-state index contributed by atoms with van der Waals surface area (Å²) in [5.41, 5.74) is 10.3.